The molecule has 30 heteroatoms. The molecule has 1 aliphatic heterocycles. The molecule has 0 bridgehead atoms. The van der Waals surface area contributed by atoms with Crippen molar-refractivity contribution >= 4 is 105 Å². The van der Waals surface area contributed by atoms with Gasteiger partial charge in [-0.15, -0.1) is 0 Å². The predicted molar refractivity (Wildman–Crippen MR) is 383 cm³/mol. The highest BCUT2D eigenvalue weighted by Gasteiger charge is 2.40. The Bertz CT molecular complexity index is 3920. The number of amides is 11. The van der Waals surface area contributed by atoms with Crippen LogP contribution in [0, 0.1) is 11.3 Å². The Morgan fingerprint density at radius 2 is 0.980 bits per heavy atom. The molecule has 2 heterocycles. The summed E-state index contributed by atoms with van der Waals surface area (Å²) in [5, 5.41) is 57.3. The third kappa shape index (κ3) is 24.1. The maximum absolute atomic E-state index is 15.0. The number of aliphatic hydroxyl groups is 1. The monoisotopic (exact) mass is 1440 g/mol. The molecule has 7 rings (SSSR count). The highest BCUT2D eigenvalue weighted by Crippen LogP contribution is 2.23. The first-order valence-electron chi connectivity index (χ1n) is 33.5. The van der Waals surface area contributed by atoms with Crippen molar-refractivity contribution < 1.29 is 63.0 Å². The Labute approximate surface area is 600 Å². The van der Waals surface area contributed by atoms with E-state index in [0.717, 1.165) is 0 Å². The number of phenolic OH excluding ortho intramolecular Hbond substituents is 1. The minimum absolute atomic E-state index is 0.000354. The number of carbonyl (C=O) groups is 11. The first kappa shape index (κ1) is 78.8. The zero-order chi connectivity index (χ0) is 74.2. The molecule has 18 N–H and O–H groups in total. The van der Waals surface area contributed by atoms with E-state index in [4.69, 9.17) is 40.1 Å². The molecule has 0 aliphatic carbocycles. The van der Waals surface area contributed by atoms with Gasteiger partial charge < -0.3 is 84.7 Å². The topological polar surface area (TPSA) is 443 Å². The van der Waals surface area contributed by atoms with Crippen molar-refractivity contribution in [1.82, 2.24) is 63.1 Å². The van der Waals surface area contributed by atoms with Gasteiger partial charge in [0.15, 0.2) is 5.96 Å². The summed E-state index contributed by atoms with van der Waals surface area (Å²) in [5.74, 6) is -9.58. The van der Waals surface area contributed by atoms with Crippen molar-refractivity contribution in [2.75, 3.05) is 19.7 Å². The minimum Gasteiger partial charge on any atom is -0.508 e. The standard InChI is InChI=1S/C72H89Cl2N15O13/c1-40(2)32-54(63(94)82-53(16-10-30-78-72(76)77)71(102)89-31-11-17-61(89)70(101)80-41(3)62(75)93)83-65(96)56(33-43-12-6-5-7-13-43)85-66(97)58(36-46-22-28-50(92)29-23-46)86-69(100)60(39-90)88-68(99)59(37-47-38-79-52-15-9-8-14-51(47)52)87-67(98)57(35-45-20-26-49(74)27-21-45)84-64(95)55(81-42(4)91)34-44-18-24-48(73)25-19-44/h5-9,12-15,18-29,38,40-41,53-61,79,90,92H,10-11,16-17,30-37,39H2,1-4H3,(H2,75,93)(H,80,101)(H,81,91)(H,82,94)(H,83,96)(H,84,95)(H,85,97)(H,86,100)(H,87,98)(H,88,99)(H4,76,77,78). The number of H-pyrrole nitrogens is 1. The number of phenols is 1. The van der Waals surface area contributed by atoms with Gasteiger partial charge in [-0.3, -0.25) is 58.1 Å². The highest BCUT2D eigenvalue weighted by atomic mass is 35.5. The second kappa shape index (κ2) is 38.3. The van der Waals surface area contributed by atoms with Crippen molar-refractivity contribution in [2.24, 2.45) is 17.4 Å². The molecule has 102 heavy (non-hydrogen) atoms. The number of rotatable bonds is 36. The van der Waals surface area contributed by atoms with E-state index in [9.17, 15) is 58.2 Å². The average molecular weight is 1440 g/mol. The van der Waals surface area contributed by atoms with Crippen molar-refractivity contribution in [3.05, 3.63) is 171 Å². The zero-order valence-electron chi connectivity index (χ0n) is 57.0. The molecule has 1 saturated heterocycles. The van der Waals surface area contributed by atoms with Crippen LogP contribution in [0.2, 0.25) is 10.0 Å². The van der Waals surface area contributed by atoms with Gasteiger partial charge in [-0.1, -0.05) is 122 Å². The molecule has 10 atom stereocenters. The van der Waals surface area contributed by atoms with Crippen LogP contribution in [0.4, 0.5) is 0 Å². The van der Waals surface area contributed by atoms with Gasteiger partial charge in [0.25, 0.3) is 0 Å². The summed E-state index contributed by atoms with van der Waals surface area (Å²) in [4.78, 5) is 160. The van der Waals surface area contributed by atoms with Crippen molar-refractivity contribution in [2.45, 2.75) is 152 Å². The van der Waals surface area contributed by atoms with E-state index in [2.05, 4.69) is 58.2 Å². The number of nitrogens with one attached hydrogen (secondary N) is 12. The van der Waals surface area contributed by atoms with Gasteiger partial charge >= 0.3 is 0 Å². The molecule has 1 aromatic heterocycles. The van der Waals surface area contributed by atoms with Crippen LogP contribution in [0.1, 0.15) is 87.6 Å². The van der Waals surface area contributed by atoms with E-state index in [0.29, 0.717) is 55.2 Å². The number of nitrogens with zero attached hydrogens (tertiary/aromatic N) is 1. The van der Waals surface area contributed by atoms with Crippen LogP contribution >= 0.6 is 23.2 Å². The Balaban J connectivity index is 1.15. The fourth-order valence-corrected chi connectivity index (χ4v) is 12.0. The van der Waals surface area contributed by atoms with Crippen molar-refractivity contribution in [3.8, 4) is 5.75 Å². The number of hydrogen-bond donors (Lipinski definition) is 16. The number of halogens is 2. The SMILES string of the molecule is CC(=O)NC(Cc1ccc(Cl)cc1)C(=O)NC(Cc1ccc(Cl)cc1)C(=O)NC(Cc1c[nH]c2ccccc12)C(=O)NC(CO)C(=O)NC(Cc1ccc(O)cc1)C(=O)NC(Cc1ccccc1)C(=O)NC(CC(C)C)C(=O)NC(CCCNC(=N)N)C(=O)N1CCCC1C(=O)NC(C)C(N)=O. The summed E-state index contributed by atoms with van der Waals surface area (Å²) in [7, 11) is 0. The molecule has 28 nitrogen and oxygen atoms in total. The second-order valence-corrected chi connectivity index (χ2v) is 26.5. The lowest BCUT2D eigenvalue weighted by molar-refractivity contribution is -0.142. The molecule has 10 unspecified atom stereocenters. The van der Waals surface area contributed by atoms with Crippen LogP contribution in [0.15, 0.2) is 134 Å². The van der Waals surface area contributed by atoms with Crippen LogP contribution in [0.25, 0.3) is 10.9 Å². The van der Waals surface area contributed by atoms with Gasteiger partial charge in [0.2, 0.25) is 65.0 Å². The fourth-order valence-electron chi connectivity index (χ4n) is 11.7. The molecule has 1 fully saturated rings. The summed E-state index contributed by atoms with van der Waals surface area (Å²) in [6.07, 6.45) is 1.68. The number of benzene rings is 5. The summed E-state index contributed by atoms with van der Waals surface area (Å²) >= 11 is 12.4. The summed E-state index contributed by atoms with van der Waals surface area (Å²) in [6, 6.07) is 20.7. The predicted octanol–water partition coefficient (Wildman–Crippen LogP) is 1.87. The number of aromatic amines is 1. The Hall–Kier alpha value is -10.6. The van der Waals surface area contributed by atoms with Crippen molar-refractivity contribution in [1.29, 1.82) is 5.41 Å². The van der Waals surface area contributed by atoms with Gasteiger partial charge in [-0.2, -0.15) is 0 Å². The van der Waals surface area contributed by atoms with Gasteiger partial charge in [-0.25, -0.2) is 0 Å². The molecule has 1 aliphatic rings. The van der Waals surface area contributed by atoms with E-state index in [-0.39, 0.29) is 88.5 Å². The largest absolute Gasteiger partial charge is 0.508 e. The van der Waals surface area contributed by atoms with E-state index in [1.165, 1.54) is 43.0 Å². The van der Waals surface area contributed by atoms with Crippen LogP contribution in [-0.4, -0.2) is 171 Å². The van der Waals surface area contributed by atoms with E-state index < -0.39 is 132 Å². The number of aromatic nitrogens is 1. The lowest BCUT2D eigenvalue weighted by Gasteiger charge is -2.31. The zero-order valence-corrected chi connectivity index (χ0v) is 58.5. The molecule has 5 aromatic carbocycles. The van der Waals surface area contributed by atoms with Crippen LogP contribution in [-0.2, 0) is 84.8 Å². The van der Waals surface area contributed by atoms with Crippen LogP contribution in [0.5, 0.6) is 5.75 Å². The second-order valence-electron chi connectivity index (χ2n) is 25.6. The molecule has 11 amide bonds. The number of fused-ring (bicyclic) bond motifs is 1. The molecule has 6 aromatic rings. The van der Waals surface area contributed by atoms with Gasteiger partial charge in [-0.05, 0) is 115 Å². The Morgan fingerprint density at radius 3 is 1.47 bits per heavy atom. The number of carbonyl (C=O) groups excluding carboxylic acids is 11. The lowest BCUT2D eigenvalue weighted by Crippen LogP contribution is -2.62. The third-order valence-electron chi connectivity index (χ3n) is 17.1. The number of primary amides is 1. The Kier molecular flexibility index (Phi) is 29.6. The first-order chi connectivity index (χ1) is 48.6. The molecule has 0 radical (unpaired) electrons. The quantitative estimate of drug-likeness (QED) is 0.0152. The third-order valence-corrected chi connectivity index (χ3v) is 17.6. The van der Waals surface area contributed by atoms with Crippen LogP contribution in [0.3, 0.4) is 0 Å². The lowest BCUT2D eigenvalue weighted by atomic mass is 9.99. The van der Waals surface area contributed by atoms with Crippen LogP contribution < -0.4 is 64.6 Å². The summed E-state index contributed by atoms with van der Waals surface area (Å²) < 4.78 is 0. The van der Waals surface area contributed by atoms with Gasteiger partial charge in [0.1, 0.15) is 66.2 Å². The molecule has 0 spiro atoms. The Morgan fingerprint density at radius 1 is 0.549 bits per heavy atom. The number of likely N-dealkylation sites (tertiary alicyclic amines) is 1. The van der Waals surface area contributed by atoms with Gasteiger partial charge in [0.05, 0.1) is 6.61 Å². The average Bonchev–Trinajstić information content (AvgIpc) is 1.65. The minimum atomic E-state index is -1.83. The number of para-hydroxylation sites is 1. The summed E-state index contributed by atoms with van der Waals surface area (Å²) in [6.45, 7) is 5.44. The smallest absolute Gasteiger partial charge is 0.245 e. The number of hydrogen-bond acceptors (Lipinski definition) is 14. The van der Waals surface area contributed by atoms with E-state index >= 15 is 4.79 Å². The highest BCUT2D eigenvalue weighted by molar-refractivity contribution is 6.30. The van der Waals surface area contributed by atoms with Gasteiger partial charge in [0, 0.05) is 79.3 Å². The molecule has 0 saturated carbocycles. The molecule has 544 valence electrons. The first-order valence-corrected chi connectivity index (χ1v) is 34.2. The summed E-state index contributed by atoms with van der Waals surface area (Å²) in [5.41, 5.74) is 14.3. The number of aromatic hydroxyl groups is 1. The number of guanidine groups is 1. The van der Waals surface area contributed by atoms with Crippen molar-refractivity contribution in [3.63, 3.8) is 0 Å². The number of aliphatic hydroxyl groups excluding tert-OH is 1. The fraction of sp³-hybridized carbons (Fsp3) is 0.389. The maximum atomic E-state index is 15.0. The normalized spacial score (nSPS) is 15.3. The van der Waals surface area contributed by atoms with E-state index in [1.807, 2.05) is 0 Å². The molecular formula is C72H89Cl2N15O13. The number of nitrogens with two attached hydrogens (primary N) is 2. The maximum Gasteiger partial charge on any atom is 0.245 e. The molecular weight excluding hydrogens is 1350 g/mol. The van der Waals surface area contributed by atoms with E-state index in [1.54, 1.807) is 123 Å².